The third-order valence-corrected chi connectivity index (χ3v) is 8.39. The van der Waals surface area contributed by atoms with Crippen LogP contribution in [0.5, 0.6) is 11.5 Å². The Kier molecular flexibility index (Phi) is 14.2. The van der Waals surface area contributed by atoms with Gasteiger partial charge < -0.3 is 28.4 Å². The molecule has 0 N–H and O–H groups in total. The fourth-order valence-corrected chi connectivity index (χ4v) is 5.50. The van der Waals surface area contributed by atoms with Crippen LogP contribution in [-0.2, 0) is 37.0 Å². The molecule has 2 fully saturated rings. The number of benzene rings is 2. The number of ether oxygens (including phenoxy) is 6. The fourth-order valence-electron chi connectivity index (χ4n) is 4.43. The molecule has 2 saturated heterocycles. The molecule has 0 saturated carbocycles. The summed E-state index contributed by atoms with van der Waals surface area (Å²) in [7, 11) is 0. The molecule has 0 bridgehead atoms. The highest BCUT2D eigenvalue weighted by molar-refractivity contribution is 6.37. The van der Waals surface area contributed by atoms with Crippen molar-refractivity contribution in [2.45, 2.75) is 13.2 Å². The number of rotatable bonds is 16. The molecule has 232 valence electrons. The number of nitrogens with zero attached hydrogens (tertiary/aromatic N) is 2. The molecule has 2 aromatic carbocycles. The highest BCUT2D eigenvalue weighted by atomic mass is 35.5. The third-order valence-electron chi connectivity index (χ3n) is 6.86. The molecule has 42 heavy (non-hydrogen) atoms. The smallest absolute Gasteiger partial charge is 0.184 e. The van der Waals surface area contributed by atoms with Crippen molar-refractivity contribution < 1.29 is 33.2 Å². The van der Waals surface area contributed by atoms with Crippen LogP contribution in [0.1, 0.15) is 11.1 Å². The molecule has 2 aromatic rings. The first-order chi connectivity index (χ1) is 20.4. The molecule has 0 aromatic heterocycles. The van der Waals surface area contributed by atoms with Crippen molar-refractivity contribution in [3.05, 3.63) is 55.5 Å². The molecule has 0 unspecified atom stereocenters. The predicted octanol–water partition coefficient (Wildman–Crippen LogP) is 5.02. The van der Waals surface area contributed by atoms with Gasteiger partial charge in [-0.25, -0.2) is 0 Å². The summed E-state index contributed by atoms with van der Waals surface area (Å²) in [6, 6.07) is 6.87. The summed E-state index contributed by atoms with van der Waals surface area (Å²) in [6.07, 6.45) is 0. The van der Waals surface area contributed by atoms with Gasteiger partial charge in [0.25, 0.3) is 0 Å². The number of hydrogen-bond acceptors (Lipinski definition) is 9. The van der Waals surface area contributed by atoms with E-state index in [0.717, 1.165) is 65.7 Å². The van der Waals surface area contributed by atoms with E-state index in [-0.39, 0.29) is 32.2 Å². The monoisotopic (exact) mass is 664 g/mol. The topological polar surface area (TPSA) is 78.9 Å². The van der Waals surface area contributed by atoms with Crippen molar-refractivity contribution in [2.75, 3.05) is 92.1 Å². The van der Waals surface area contributed by atoms with E-state index in [0.29, 0.717) is 55.9 Å². The van der Waals surface area contributed by atoms with Crippen LogP contribution in [0.4, 0.5) is 0 Å². The van der Waals surface area contributed by atoms with Crippen molar-refractivity contribution in [2.24, 2.45) is 0 Å². The normalized spacial score (nSPS) is 16.5. The van der Waals surface area contributed by atoms with Crippen LogP contribution in [0.15, 0.2) is 24.3 Å². The molecule has 4 rings (SSSR count). The van der Waals surface area contributed by atoms with Crippen molar-refractivity contribution >= 4 is 52.2 Å². The van der Waals surface area contributed by atoms with E-state index < -0.39 is 0 Å². The minimum atomic E-state index is -0.259. The second-order valence-corrected chi connectivity index (χ2v) is 11.4. The van der Waals surface area contributed by atoms with Crippen LogP contribution >= 0.6 is 46.4 Å². The lowest BCUT2D eigenvalue weighted by molar-refractivity contribution is -0.129. The molecule has 2 heterocycles. The summed E-state index contributed by atoms with van der Waals surface area (Å²) < 4.78 is 33.7. The van der Waals surface area contributed by atoms with Gasteiger partial charge in [0.05, 0.1) is 49.7 Å². The Morgan fingerprint density at radius 2 is 1.07 bits per heavy atom. The van der Waals surface area contributed by atoms with Crippen LogP contribution in [0, 0.1) is 0 Å². The highest BCUT2D eigenvalue weighted by Crippen LogP contribution is 2.35. The molecule has 0 radical (unpaired) electrons. The number of carbonyl (C=O) groups is 1. The number of morpholine rings is 2. The first-order valence-corrected chi connectivity index (χ1v) is 15.4. The lowest BCUT2D eigenvalue weighted by Gasteiger charge is -2.26. The van der Waals surface area contributed by atoms with Gasteiger partial charge in [0.15, 0.2) is 5.78 Å². The SMILES string of the molecule is O=C(COCc1c(Cl)ccc(OCCN2CCOCC2)c1Cl)COCc1c(Cl)ccc(OCCN2CCOCC2)c1Cl. The zero-order chi connectivity index (χ0) is 29.7. The zero-order valence-electron chi connectivity index (χ0n) is 23.4. The Morgan fingerprint density at radius 3 is 1.48 bits per heavy atom. The second-order valence-electron chi connectivity index (χ2n) is 9.81. The summed E-state index contributed by atoms with van der Waals surface area (Å²) in [5, 5.41) is 1.59. The molecule has 0 amide bonds. The predicted molar refractivity (Wildman–Crippen MR) is 163 cm³/mol. The minimum absolute atomic E-state index is 0.0472. The number of hydrogen-bond donors (Lipinski definition) is 0. The average Bonchev–Trinajstić information content (AvgIpc) is 3.00. The maximum atomic E-state index is 12.4. The fraction of sp³-hybridized carbons (Fsp3) is 0.552. The maximum absolute atomic E-state index is 12.4. The van der Waals surface area contributed by atoms with E-state index in [4.69, 9.17) is 74.8 Å². The summed E-state index contributed by atoms with van der Waals surface area (Å²) in [6.45, 7) is 8.67. The number of ketones is 1. The third kappa shape index (κ3) is 10.4. The van der Waals surface area contributed by atoms with Gasteiger partial charge in [-0.2, -0.15) is 0 Å². The van der Waals surface area contributed by atoms with Gasteiger partial charge in [-0.05, 0) is 24.3 Å². The van der Waals surface area contributed by atoms with Gasteiger partial charge in [0.2, 0.25) is 0 Å². The first-order valence-electron chi connectivity index (χ1n) is 13.9. The van der Waals surface area contributed by atoms with Crippen molar-refractivity contribution in [1.82, 2.24) is 9.80 Å². The van der Waals surface area contributed by atoms with E-state index >= 15 is 0 Å². The van der Waals surface area contributed by atoms with Crippen molar-refractivity contribution in [1.29, 1.82) is 0 Å². The van der Waals surface area contributed by atoms with Crippen LogP contribution < -0.4 is 9.47 Å². The van der Waals surface area contributed by atoms with Crippen LogP contribution in [0.2, 0.25) is 20.1 Å². The lowest BCUT2D eigenvalue weighted by Crippen LogP contribution is -2.38. The molecule has 0 spiro atoms. The molecule has 0 atom stereocenters. The van der Waals surface area contributed by atoms with Gasteiger partial charge >= 0.3 is 0 Å². The van der Waals surface area contributed by atoms with E-state index in [1.165, 1.54) is 0 Å². The number of halogens is 4. The van der Waals surface area contributed by atoms with Gasteiger partial charge in [-0.3, -0.25) is 14.6 Å². The van der Waals surface area contributed by atoms with Crippen LogP contribution in [0.25, 0.3) is 0 Å². The van der Waals surface area contributed by atoms with Gasteiger partial charge in [0, 0.05) is 60.4 Å². The van der Waals surface area contributed by atoms with Crippen LogP contribution in [-0.4, -0.2) is 108 Å². The Labute approximate surface area is 266 Å². The zero-order valence-corrected chi connectivity index (χ0v) is 26.4. The summed E-state index contributed by atoms with van der Waals surface area (Å²) >= 11 is 25.8. The molecule has 0 aliphatic carbocycles. The molecular weight excluding hydrogens is 630 g/mol. The van der Waals surface area contributed by atoms with E-state index in [1.807, 2.05) is 0 Å². The summed E-state index contributed by atoms with van der Waals surface area (Å²) in [4.78, 5) is 17.0. The van der Waals surface area contributed by atoms with Gasteiger partial charge in [-0.15, -0.1) is 0 Å². The second kappa shape index (κ2) is 17.8. The van der Waals surface area contributed by atoms with E-state index in [9.17, 15) is 4.79 Å². The van der Waals surface area contributed by atoms with Gasteiger partial charge in [0.1, 0.15) is 37.9 Å². The van der Waals surface area contributed by atoms with Crippen LogP contribution in [0.3, 0.4) is 0 Å². The Bertz CT molecular complexity index is 1070. The number of carbonyl (C=O) groups excluding carboxylic acids is 1. The average molecular weight is 666 g/mol. The minimum Gasteiger partial charge on any atom is -0.491 e. The summed E-state index contributed by atoms with van der Waals surface area (Å²) in [5.74, 6) is 0.776. The standard InChI is InChI=1S/C29H36Cl4N2O7/c30-24-1-3-26(41-15-9-34-5-11-37-12-6-34)28(32)22(24)19-39-17-21(36)18-40-20-23-25(31)2-4-27(29(23)33)42-16-10-35-7-13-38-14-8-35/h1-4H,5-20H2. The molecule has 2 aliphatic heterocycles. The number of Topliss-reactive ketones (excluding diaryl/α,β-unsaturated/α-hetero) is 1. The Balaban J connectivity index is 1.18. The maximum Gasteiger partial charge on any atom is 0.184 e. The van der Waals surface area contributed by atoms with E-state index in [2.05, 4.69) is 9.80 Å². The molecule has 9 nitrogen and oxygen atoms in total. The van der Waals surface area contributed by atoms with E-state index in [1.54, 1.807) is 24.3 Å². The Morgan fingerprint density at radius 1 is 0.667 bits per heavy atom. The first kappa shape index (κ1) is 33.5. The molecule has 2 aliphatic rings. The van der Waals surface area contributed by atoms with Crippen molar-refractivity contribution in [3.8, 4) is 11.5 Å². The molecular formula is C29H36Cl4N2O7. The summed E-state index contributed by atoms with van der Waals surface area (Å²) in [5.41, 5.74) is 1.11. The lowest BCUT2D eigenvalue weighted by atomic mass is 10.2. The van der Waals surface area contributed by atoms with Crippen molar-refractivity contribution in [3.63, 3.8) is 0 Å². The Hall–Kier alpha value is -1.37. The quantitative estimate of drug-likeness (QED) is 0.246. The highest BCUT2D eigenvalue weighted by Gasteiger charge is 2.17. The molecule has 13 heteroatoms. The van der Waals surface area contributed by atoms with Gasteiger partial charge in [-0.1, -0.05) is 46.4 Å². The largest absolute Gasteiger partial charge is 0.491 e.